The highest BCUT2D eigenvalue weighted by Crippen LogP contribution is 2.17. The normalized spacial score (nSPS) is 10.4. The van der Waals surface area contributed by atoms with E-state index in [9.17, 15) is 9.59 Å². The number of hydrogen-bond donors (Lipinski definition) is 3. The summed E-state index contributed by atoms with van der Waals surface area (Å²) in [6.45, 7) is 5.73. The minimum atomic E-state index is -0.177. The van der Waals surface area contributed by atoms with Gasteiger partial charge in [-0.25, -0.2) is 0 Å². The van der Waals surface area contributed by atoms with Crippen LogP contribution in [0.2, 0.25) is 0 Å². The summed E-state index contributed by atoms with van der Waals surface area (Å²) in [5.74, 6) is 0.397. The summed E-state index contributed by atoms with van der Waals surface area (Å²) in [6.07, 6.45) is 0. The van der Waals surface area contributed by atoms with Crippen LogP contribution in [0.3, 0.4) is 0 Å². The largest absolute Gasteiger partial charge is 0.491 e. The van der Waals surface area contributed by atoms with Crippen molar-refractivity contribution in [1.29, 1.82) is 0 Å². The quantitative estimate of drug-likeness (QED) is 0.371. The van der Waals surface area contributed by atoms with Crippen LogP contribution in [-0.2, 0) is 9.53 Å². The zero-order chi connectivity index (χ0) is 23.5. The molecule has 7 heteroatoms. The van der Waals surface area contributed by atoms with Crippen molar-refractivity contribution in [3.05, 3.63) is 83.9 Å². The molecule has 0 atom stereocenters. The lowest BCUT2D eigenvalue weighted by molar-refractivity contribution is -0.114. The number of aryl methyl sites for hydroxylation is 1. The molecule has 0 aliphatic rings. The van der Waals surface area contributed by atoms with E-state index in [1.165, 1.54) is 0 Å². The maximum atomic E-state index is 12.3. The first kappa shape index (κ1) is 23.8. The first-order valence-electron chi connectivity index (χ1n) is 10.9. The van der Waals surface area contributed by atoms with Crippen LogP contribution in [0, 0.1) is 6.92 Å². The molecule has 3 aromatic carbocycles. The number of amides is 2. The van der Waals surface area contributed by atoms with Crippen molar-refractivity contribution in [2.45, 2.75) is 13.8 Å². The number of carbonyl (C=O) groups excluding carboxylic acids is 2. The van der Waals surface area contributed by atoms with E-state index in [2.05, 4.69) is 16.0 Å². The van der Waals surface area contributed by atoms with Gasteiger partial charge in [0.1, 0.15) is 12.4 Å². The average molecular weight is 448 g/mol. The van der Waals surface area contributed by atoms with Gasteiger partial charge in [-0.2, -0.15) is 0 Å². The Hall–Kier alpha value is -3.84. The molecule has 0 spiro atoms. The predicted molar refractivity (Wildman–Crippen MR) is 131 cm³/mol. The molecule has 3 N–H and O–H groups in total. The molecule has 0 aliphatic heterocycles. The molecular formula is C26H29N3O4. The lowest BCUT2D eigenvalue weighted by Crippen LogP contribution is -2.21. The highest BCUT2D eigenvalue weighted by atomic mass is 16.5. The number of rotatable bonds is 11. The highest BCUT2D eigenvalue weighted by molar-refractivity contribution is 6.04. The monoisotopic (exact) mass is 447 g/mol. The van der Waals surface area contributed by atoms with Crippen molar-refractivity contribution in [3.8, 4) is 5.75 Å². The van der Waals surface area contributed by atoms with Crippen LogP contribution < -0.4 is 20.7 Å². The SMILES string of the molecule is CCOCCOc1ccc(NCC(=O)Nc2ccc(NC(=O)c3cccc(C)c3)cc2)cc1. The van der Waals surface area contributed by atoms with Gasteiger partial charge >= 0.3 is 0 Å². The maximum Gasteiger partial charge on any atom is 0.255 e. The number of benzene rings is 3. The zero-order valence-electron chi connectivity index (χ0n) is 18.9. The van der Waals surface area contributed by atoms with Crippen LogP contribution >= 0.6 is 0 Å². The van der Waals surface area contributed by atoms with E-state index in [4.69, 9.17) is 9.47 Å². The van der Waals surface area contributed by atoms with Crippen molar-refractivity contribution < 1.29 is 19.1 Å². The Kier molecular flexibility index (Phi) is 8.85. The molecule has 0 radical (unpaired) electrons. The summed E-state index contributed by atoms with van der Waals surface area (Å²) in [5, 5.41) is 8.76. The molecule has 0 aliphatic carbocycles. The van der Waals surface area contributed by atoms with Gasteiger partial charge in [0.25, 0.3) is 5.91 Å². The van der Waals surface area contributed by atoms with Crippen molar-refractivity contribution in [1.82, 2.24) is 0 Å². The predicted octanol–water partition coefficient (Wildman–Crippen LogP) is 4.71. The summed E-state index contributed by atoms with van der Waals surface area (Å²) >= 11 is 0. The minimum absolute atomic E-state index is 0.121. The van der Waals surface area contributed by atoms with Crippen LogP contribution in [0.5, 0.6) is 5.75 Å². The zero-order valence-corrected chi connectivity index (χ0v) is 18.9. The van der Waals surface area contributed by atoms with Gasteiger partial charge in [-0.15, -0.1) is 0 Å². The third-order valence-corrected chi connectivity index (χ3v) is 4.71. The molecule has 7 nitrogen and oxygen atoms in total. The third kappa shape index (κ3) is 7.97. The molecule has 0 bridgehead atoms. The first-order valence-corrected chi connectivity index (χ1v) is 10.9. The molecule has 172 valence electrons. The van der Waals surface area contributed by atoms with Crippen molar-refractivity contribution in [2.24, 2.45) is 0 Å². The van der Waals surface area contributed by atoms with Gasteiger partial charge in [0, 0.05) is 29.2 Å². The van der Waals surface area contributed by atoms with Gasteiger partial charge in [-0.05, 0) is 74.5 Å². The van der Waals surface area contributed by atoms with E-state index >= 15 is 0 Å². The Balaban J connectivity index is 1.42. The minimum Gasteiger partial charge on any atom is -0.491 e. The summed E-state index contributed by atoms with van der Waals surface area (Å²) in [7, 11) is 0. The molecule has 0 saturated heterocycles. The first-order chi connectivity index (χ1) is 16.0. The van der Waals surface area contributed by atoms with Crippen LogP contribution in [0.4, 0.5) is 17.1 Å². The Morgan fingerprint density at radius 3 is 2.15 bits per heavy atom. The topological polar surface area (TPSA) is 88.7 Å². The summed E-state index contributed by atoms with van der Waals surface area (Å²) in [4.78, 5) is 24.6. The van der Waals surface area contributed by atoms with Crippen molar-refractivity contribution in [3.63, 3.8) is 0 Å². The molecule has 0 saturated carbocycles. The smallest absolute Gasteiger partial charge is 0.255 e. The Labute approximate surface area is 194 Å². The number of carbonyl (C=O) groups is 2. The highest BCUT2D eigenvalue weighted by Gasteiger charge is 2.07. The lowest BCUT2D eigenvalue weighted by Gasteiger charge is -2.10. The van der Waals surface area contributed by atoms with Gasteiger partial charge in [0.15, 0.2) is 0 Å². The second-order valence-corrected chi connectivity index (χ2v) is 7.37. The molecule has 0 fully saturated rings. The molecule has 2 amide bonds. The van der Waals surface area contributed by atoms with Crippen molar-refractivity contribution >= 4 is 28.9 Å². The summed E-state index contributed by atoms with van der Waals surface area (Å²) in [6, 6.07) is 21.8. The third-order valence-electron chi connectivity index (χ3n) is 4.71. The van der Waals surface area contributed by atoms with Gasteiger partial charge in [-0.3, -0.25) is 9.59 Å². The molecule has 3 aromatic rings. The Bertz CT molecular complexity index is 1050. The average Bonchev–Trinajstić information content (AvgIpc) is 2.82. The molecule has 3 rings (SSSR count). The van der Waals surface area contributed by atoms with Crippen LogP contribution in [0.15, 0.2) is 72.8 Å². The number of nitrogens with one attached hydrogen (secondary N) is 3. The fourth-order valence-electron chi connectivity index (χ4n) is 3.05. The number of hydrogen-bond acceptors (Lipinski definition) is 5. The van der Waals surface area contributed by atoms with Crippen LogP contribution in [0.25, 0.3) is 0 Å². The lowest BCUT2D eigenvalue weighted by atomic mass is 10.1. The molecule has 0 unspecified atom stereocenters. The molecule has 0 aromatic heterocycles. The molecule has 0 heterocycles. The second kappa shape index (κ2) is 12.3. The van der Waals surface area contributed by atoms with Crippen LogP contribution in [-0.4, -0.2) is 38.2 Å². The molecule has 33 heavy (non-hydrogen) atoms. The second-order valence-electron chi connectivity index (χ2n) is 7.37. The fourth-order valence-corrected chi connectivity index (χ4v) is 3.05. The van der Waals surface area contributed by atoms with Crippen molar-refractivity contribution in [2.75, 3.05) is 42.3 Å². The summed E-state index contributed by atoms with van der Waals surface area (Å²) < 4.78 is 10.8. The van der Waals surface area contributed by atoms with E-state index in [1.54, 1.807) is 30.3 Å². The van der Waals surface area contributed by atoms with Gasteiger partial charge in [0.05, 0.1) is 13.2 Å². The summed E-state index contributed by atoms with van der Waals surface area (Å²) in [5.41, 5.74) is 3.74. The number of anilines is 3. The standard InChI is InChI=1S/C26H29N3O4/c1-3-32-15-16-33-24-13-11-21(12-14-24)27-18-25(30)28-22-7-9-23(10-8-22)29-26(31)20-6-4-5-19(2)17-20/h4-14,17,27H,3,15-16,18H2,1-2H3,(H,28,30)(H,29,31). The van der Waals surface area contributed by atoms with Gasteiger partial charge in [0.2, 0.25) is 5.91 Å². The van der Waals surface area contributed by atoms with E-state index in [1.807, 2.05) is 56.3 Å². The van der Waals surface area contributed by atoms with Crippen LogP contribution in [0.1, 0.15) is 22.8 Å². The fraction of sp³-hybridized carbons (Fsp3) is 0.231. The van der Waals surface area contributed by atoms with E-state index < -0.39 is 0 Å². The van der Waals surface area contributed by atoms with Gasteiger partial charge in [-0.1, -0.05) is 17.7 Å². The Morgan fingerprint density at radius 1 is 0.818 bits per heavy atom. The Morgan fingerprint density at radius 2 is 1.48 bits per heavy atom. The van der Waals surface area contributed by atoms with E-state index in [0.717, 1.165) is 17.0 Å². The number of ether oxygens (including phenoxy) is 2. The molecular weight excluding hydrogens is 418 g/mol. The van der Waals surface area contributed by atoms with Gasteiger partial charge < -0.3 is 25.4 Å². The van der Waals surface area contributed by atoms with E-state index in [0.29, 0.717) is 36.8 Å². The maximum absolute atomic E-state index is 12.3. The van der Waals surface area contributed by atoms with E-state index in [-0.39, 0.29) is 18.4 Å².